The van der Waals surface area contributed by atoms with Crippen LogP contribution >= 0.6 is 11.6 Å². The van der Waals surface area contributed by atoms with Crippen molar-refractivity contribution >= 4 is 21.6 Å². The van der Waals surface area contributed by atoms with Gasteiger partial charge in [-0.3, -0.25) is 0 Å². The fourth-order valence-electron chi connectivity index (χ4n) is 1.76. The largest absolute Gasteiger partial charge is 0.396 e. The van der Waals surface area contributed by atoms with Crippen molar-refractivity contribution in [2.75, 3.05) is 13.2 Å². The molecule has 0 aliphatic rings. The fraction of sp³-hybridized carbons (Fsp3) is 0.571. The molecule has 0 aliphatic heterocycles. The minimum atomic E-state index is -3.58. The first-order valence-electron chi connectivity index (χ1n) is 6.55. The predicted octanol–water partition coefficient (Wildman–Crippen LogP) is 2.73. The number of benzene rings is 1. The van der Waals surface area contributed by atoms with Crippen LogP contribution in [0.4, 0.5) is 0 Å². The summed E-state index contributed by atoms with van der Waals surface area (Å²) < 4.78 is 26.9. The van der Waals surface area contributed by atoms with Gasteiger partial charge < -0.3 is 5.11 Å². The summed E-state index contributed by atoms with van der Waals surface area (Å²) in [5, 5.41) is 9.40. The molecular formula is C14H22ClNO3S. The van der Waals surface area contributed by atoms with Gasteiger partial charge in [0.15, 0.2) is 0 Å². The van der Waals surface area contributed by atoms with Crippen molar-refractivity contribution in [2.24, 2.45) is 5.41 Å². The summed E-state index contributed by atoms with van der Waals surface area (Å²) in [5.41, 5.74) is 0.544. The highest BCUT2D eigenvalue weighted by molar-refractivity contribution is 7.89. The summed E-state index contributed by atoms with van der Waals surface area (Å²) in [4.78, 5) is 0.112. The molecule has 20 heavy (non-hydrogen) atoms. The quantitative estimate of drug-likeness (QED) is 0.759. The van der Waals surface area contributed by atoms with Gasteiger partial charge in [0.2, 0.25) is 10.0 Å². The molecule has 1 rings (SSSR count). The van der Waals surface area contributed by atoms with Crippen LogP contribution in [0.5, 0.6) is 0 Å². The van der Waals surface area contributed by atoms with Crippen LogP contribution in [-0.4, -0.2) is 26.7 Å². The highest BCUT2D eigenvalue weighted by Crippen LogP contribution is 2.25. The summed E-state index contributed by atoms with van der Waals surface area (Å²) in [6, 6.07) is 4.94. The molecule has 114 valence electrons. The Morgan fingerprint density at radius 3 is 2.60 bits per heavy atom. The Labute approximate surface area is 126 Å². The van der Waals surface area contributed by atoms with Crippen LogP contribution < -0.4 is 4.72 Å². The van der Waals surface area contributed by atoms with Crippen LogP contribution in [0.25, 0.3) is 0 Å². The van der Waals surface area contributed by atoms with Crippen LogP contribution in [0, 0.1) is 12.3 Å². The number of hydrogen-bond acceptors (Lipinski definition) is 3. The third-order valence-corrected chi connectivity index (χ3v) is 5.31. The van der Waals surface area contributed by atoms with Crippen LogP contribution in [0.15, 0.2) is 23.1 Å². The molecule has 0 unspecified atom stereocenters. The number of nitrogens with one attached hydrogen (secondary N) is 1. The average molecular weight is 320 g/mol. The second-order valence-electron chi connectivity index (χ2n) is 5.71. The Bertz CT molecular complexity index is 556. The first kappa shape index (κ1) is 17.4. The molecule has 0 atom stereocenters. The van der Waals surface area contributed by atoms with Gasteiger partial charge in [0.25, 0.3) is 0 Å². The normalized spacial score (nSPS) is 12.7. The van der Waals surface area contributed by atoms with Gasteiger partial charge in [0, 0.05) is 13.2 Å². The van der Waals surface area contributed by atoms with Crippen molar-refractivity contribution in [1.29, 1.82) is 0 Å². The lowest BCUT2D eigenvalue weighted by Crippen LogP contribution is -2.27. The Morgan fingerprint density at radius 2 is 2.00 bits per heavy atom. The summed E-state index contributed by atoms with van der Waals surface area (Å²) in [7, 11) is -3.58. The monoisotopic (exact) mass is 319 g/mol. The minimum absolute atomic E-state index is 0.0868. The van der Waals surface area contributed by atoms with Gasteiger partial charge >= 0.3 is 0 Å². The maximum Gasteiger partial charge on any atom is 0.242 e. The van der Waals surface area contributed by atoms with Gasteiger partial charge in [-0.2, -0.15) is 0 Å². The Hall–Kier alpha value is -0.620. The predicted molar refractivity (Wildman–Crippen MR) is 81.5 cm³/mol. The highest BCUT2D eigenvalue weighted by atomic mass is 35.5. The zero-order valence-corrected chi connectivity index (χ0v) is 13.7. The van der Waals surface area contributed by atoms with Gasteiger partial charge in [-0.15, -0.1) is 0 Å². The highest BCUT2D eigenvalue weighted by Gasteiger charge is 2.19. The second-order valence-corrected chi connectivity index (χ2v) is 7.82. The number of aryl methyl sites for hydroxylation is 1. The maximum atomic E-state index is 12.2. The van der Waals surface area contributed by atoms with Gasteiger partial charge in [-0.1, -0.05) is 37.6 Å². The zero-order valence-electron chi connectivity index (χ0n) is 12.1. The Balaban J connectivity index is 2.65. The molecule has 0 saturated carbocycles. The molecule has 1 aromatic carbocycles. The number of halogens is 1. The van der Waals surface area contributed by atoms with Crippen LogP contribution in [0.3, 0.4) is 0 Å². The lowest BCUT2D eigenvalue weighted by Gasteiger charge is -2.21. The molecule has 0 radical (unpaired) electrons. The topological polar surface area (TPSA) is 66.4 Å². The van der Waals surface area contributed by atoms with Crippen molar-refractivity contribution in [3.05, 3.63) is 28.8 Å². The first-order chi connectivity index (χ1) is 9.19. The van der Waals surface area contributed by atoms with E-state index in [2.05, 4.69) is 4.72 Å². The summed E-state index contributed by atoms with van der Waals surface area (Å²) in [6.07, 6.45) is 1.41. The molecule has 0 fully saturated rings. The van der Waals surface area contributed by atoms with Crippen molar-refractivity contribution in [1.82, 2.24) is 4.72 Å². The molecule has 0 spiro atoms. The third-order valence-electron chi connectivity index (χ3n) is 3.20. The molecule has 0 saturated heterocycles. The Morgan fingerprint density at radius 1 is 1.35 bits per heavy atom. The van der Waals surface area contributed by atoms with Crippen molar-refractivity contribution < 1.29 is 13.5 Å². The number of sulfonamides is 1. The van der Waals surface area contributed by atoms with Gasteiger partial charge in [0.1, 0.15) is 4.90 Å². The second kappa shape index (κ2) is 6.89. The smallest absolute Gasteiger partial charge is 0.242 e. The van der Waals surface area contributed by atoms with E-state index in [1.165, 1.54) is 6.07 Å². The molecule has 4 nitrogen and oxygen atoms in total. The van der Waals surface area contributed by atoms with Crippen LogP contribution in [0.2, 0.25) is 5.02 Å². The van der Waals surface area contributed by atoms with E-state index in [-0.39, 0.29) is 21.9 Å². The lowest BCUT2D eigenvalue weighted by atomic mass is 9.89. The first-order valence-corrected chi connectivity index (χ1v) is 8.41. The third kappa shape index (κ3) is 4.74. The van der Waals surface area contributed by atoms with E-state index in [0.717, 1.165) is 12.0 Å². The molecule has 0 amide bonds. The van der Waals surface area contributed by atoms with Gasteiger partial charge in [-0.25, -0.2) is 13.1 Å². The molecular weight excluding hydrogens is 298 g/mol. The van der Waals surface area contributed by atoms with Crippen LogP contribution in [0.1, 0.15) is 32.3 Å². The SMILES string of the molecule is Cc1cccc(S(=O)(=O)NCCCC(C)(C)CO)c1Cl. The minimum Gasteiger partial charge on any atom is -0.396 e. The average Bonchev–Trinajstić information content (AvgIpc) is 2.38. The fourth-order valence-corrected chi connectivity index (χ4v) is 3.41. The molecule has 0 bridgehead atoms. The lowest BCUT2D eigenvalue weighted by molar-refractivity contribution is 0.148. The van der Waals surface area contributed by atoms with E-state index in [1.54, 1.807) is 19.1 Å². The van der Waals surface area contributed by atoms with E-state index in [0.29, 0.717) is 13.0 Å². The molecule has 0 aromatic heterocycles. The van der Waals surface area contributed by atoms with Gasteiger partial charge in [-0.05, 0) is 36.8 Å². The molecule has 2 N–H and O–H groups in total. The zero-order chi connectivity index (χ0) is 15.4. The van der Waals surface area contributed by atoms with E-state index in [9.17, 15) is 8.42 Å². The summed E-state index contributed by atoms with van der Waals surface area (Å²) in [5.74, 6) is 0. The maximum absolute atomic E-state index is 12.2. The number of rotatable bonds is 7. The van der Waals surface area contributed by atoms with E-state index in [4.69, 9.17) is 16.7 Å². The van der Waals surface area contributed by atoms with Gasteiger partial charge in [0.05, 0.1) is 5.02 Å². The summed E-state index contributed by atoms with van der Waals surface area (Å²) in [6.45, 7) is 6.07. The van der Waals surface area contributed by atoms with E-state index < -0.39 is 10.0 Å². The van der Waals surface area contributed by atoms with E-state index >= 15 is 0 Å². The van der Waals surface area contributed by atoms with Crippen molar-refractivity contribution in [3.8, 4) is 0 Å². The van der Waals surface area contributed by atoms with E-state index in [1.807, 2.05) is 13.8 Å². The standard InChI is InChI=1S/C14H22ClNO3S/c1-11-6-4-7-12(13(11)15)20(18,19)16-9-5-8-14(2,3)10-17/h4,6-7,16-17H,5,8-10H2,1-3H3. The summed E-state index contributed by atoms with van der Waals surface area (Å²) >= 11 is 6.03. The van der Waals surface area contributed by atoms with Crippen molar-refractivity contribution in [2.45, 2.75) is 38.5 Å². The Kier molecular flexibility index (Phi) is 6.01. The number of aliphatic hydroxyl groups is 1. The number of aliphatic hydroxyl groups excluding tert-OH is 1. The van der Waals surface area contributed by atoms with Crippen molar-refractivity contribution in [3.63, 3.8) is 0 Å². The molecule has 6 heteroatoms. The molecule has 1 aromatic rings. The number of hydrogen-bond donors (Lipinski definition) is 2. The van der Waals surface area contributed by atoms with Crippen LogP contribution in [-0.2, 0) is 10.0 Å². The molecule has 0 aliphatic carbocycles. The molecule has 0 heterocycles.